The second kappa shape index (κ2) is 8.20. The van der Waals surface area contributed by atoms with Gasteiger partial charge in [-0.05, 0) is 30.4 Å². The van der Waals surface area contributed by atoms with Crippen LogP contribution in [0.15, 0.2) is 36.0 Å². The van der Waals surface area contributed by atoms with Crippen LogP contribution in [-0.4, -0.2) is 29.0 Å². The fraction of sp³-hybridized carbons (Fsp3) is 0.412. The molecule has 0 saturated carbocycles. The van der Waals surface area contributed by atoms with Crippen LogP contribution in [0.3, 0.4) is 0 Å². The molecule has 1 amide bonds. The molecule has 2 N–H and O–H groups in total. The lowest BCUT2D eigenvalue weighted by molar-refractivity contribution is -0.127. The van der Waals surface area contributed by atoms with Gasteiger partial charge in [-0.1, -0.05) is 24.3 Å². The van der Waals surface area contributed by atoms with Gasteiger partial charge < -0.3 is 15.3 Å². The molecule has 116 valence electrons. The van der Waals surface area contributed by atoms with Gasteiger partial charge in [-0.15, -0.1) is 0 Å². The SMILES string of the molecule is N#C/C(=C/NCc1ccc(CO)cc1)C(=O)N1CCCCC1. The van der Waals surface area contributed by atoms with Crippen molar-refractivity contribution in [1.82, 2.24) is 10.2 Å². The van der Waals surface area contributed by atoms with Gasteiger partial charge in [0.2, 0.25) is 0 Å². The summed E-state index contributed by atoms with van der Waals surface area (Å²) in [5.74, 6) is -0.190. The third-order valence-electron chi connectivity index (χ3n) is 3.75. The van der Waals surface area contributed by atoms with Crippen LogP contribution < -0.4 is 5.32 Å². The third-order valence-corrected chi connectivity index (χ3v) is 3.75. The number of nitriles is 1. The quantitative estimate of drug-likeness (QED) is 0.641. The molecule has 0 radical (unpaired) electrons. The highest BCUT2D eigenvalue weighted by Gasteiger charge is 2.19. The Morgan fingerprint density at radius 2 is 1.86 bits per heavy atom. The van der Waals surface area contributed by atoms with Crippen LogP contribution >= 0.6 is 0 Å². The first kappa shape index (κ1) is 16.1. The highest BCUT2D eigenvalue weighted by Crippen LogP contribution is 2.11. The molecule has 22 heavy (non-hydrogen) atoms. The normalized spacial score (nSPS) is 15.3. The van der Waals surface area contributed by atoms with E-state index in [-0.39, 0.29) is 18.1 Å². The number of rotatable bonds is 5. The Labute approximate surface area is 130 Å². The van der Waals surface area contributed by atoms with Gasteiger partial charge in [0.05, 0.1) is 6.61 Å². The molecule has 1 aliphatic rings. The van der Waals surface area contributed by atoms with Gasteiger partial charge in [-0.25, -0.2) is 0 Å². The third kappa shape index (κ3) is 4.34. The Bertz CT molecular complexity index is 567. The van der Waals surface area contributed by atoms with Crippen LogP contribution in [0.1, 0.15) is 30.4 Å². The van der Waals surface area contributed by atoms with Gasteiger partial charge >= 0.3 is 0 Å². The summed E-state index contributed by atoms with van der Waals surface area (Å²) in [6, 6.07) is 9.50. The van der Waals surface area contributed by atoms with Crippen molar-refractivity contribution in [3.05, 3.63) is 47.2 Å². The number of likely N-dealkylation sites (tertiary alicyclic amines) is 1. The monoisotopic (exact) mass is 299 g/mol. The lowest BCUT2D eigenvalue weighted by Gasteiger charge is -2.26. The van der Waals surface area contributed by atoms with Crippen LogP contribution in [0.4, 0.5) is 0 Å². The Balaban J connectivity index is 1.91. The summed E-state index contributed by atoms with van der Waals surface area (Å²) in [4.78, 5) is 14.0. The molecule has 0 unspecified atom stereocenters. The number of amides is 1. The summed E-state index contributed by atoms with van der Waals surface area (Å²) in [6.45, 7) is 2.03. The van der Waals surface area contributed by atoms with Crippen LogP contribution in [0.5, 0.6) is 0 Å². The van der Waals surface area contributed by atoms with Crippen molar-refractivity contribution in [2.45, 2.75) is 32.4 Å². The maximum absolute atomic E-state index is 12.2. The summed E-state index contributed by atoms with van der Waals surface area (Å²) < 4.78 is 0. The van der Waals surface area contributed by atoms with Gasteiger partial charge in [-0.3, -0.25) is 4.79 Å². The molecule has 1 saturated heterocycles. The summed E-state index contributed by atoms with van der Waals surface area (Å²) in [5.41, 5.74) is 2.03. The lowest BCUT2D eigenvalue weighted by atomic mass is 10.1. The zero-order chi connectivity index (χ0) is 15.8. The van der Waals surface area contributed by atoms with E-state index in [0.29, 0.717) is 6.54 Å². The molecule has 1 aliphatic heterocycles. The fourth-order valence-corrected chi connectivity index (χ4v) is 2.44. The molecule has 0 aromatic heterocycles. The largest absolute Gasteiger partial charge is 0.392 e. The summed E-state index contributed by atoms with van der Waals surface area (Å²) in [7, 11) is 0. The lowest BCUT2D eigenvalue weighted by Crippen LogP contribution is -2.36. The van der Waals surface area contributed by atoms with Crippen molar-refractivity contribution >= 4 is 5.91 Å². The minimum absolute atomic E-state index is 0.0243. The van der Waals surface area contributed by atoms with Gasteiger partial charge in [-0.2, -0.15) is 5.26 Å². The maximum atomic E-state index is 12.2. The second-order valence-corrected chi connectivity index (χ2v) is 5.38. The molecule has 0 bridgehead atoms. The van der Waals surface area contributed by atoms with Crippen molar-refractivity contribution in [1.29, 1.82) is 5.26 Å². The van der Waals surface area contributed by atoms with Gasteiger partial charge in [0, 0.05) is 25.8 Å². The zero-order valence-electron chi connectivity index (χ0n) is 12.6. The van der Waals surface area contributed by atoms with E-state index in [2.05, 4.69) is 5.32 Å². The molecule has 2 rings (SSSR count). The van der Waals surface area contributed by atoms with Crippen molar-refractivity contribution in [2.24, 2.45) is 0 Å². The molecule has 1 fully saturated rings. The first-order valence-corrected chi connectivity index (χ1v) is 7.56. The predicted molar refractivity (Wildman–Crippen MR) is 83.3 cm³/mol. The minimum atomic E-state index is -0.190. The average Bonchev–Trinajstić information content (AvgIpc) is 2.59. The molecular weight excluding hydrogens is 278 g/mol. The topological polar surface area (TPSA) is 76.4 Å². The Kier molecular flexibility index (Phi) is 5.99. The highest BCUT2D eigenvalue weighted by atomic mass is 16.3. The second-order valence-electron chi connectivity index (χ2n) is 5.38. The van der Waals surface area contributed by atoms with E-state index in [1.165, 1.54) is 6.20 Å². The molecule has 1 aromatic carbocycles. The van der Waals surface area contributed by atoms with Crippen LogP contribution in [0, 0.1) is 11.3 Å². The standard InChI is InChI=1S/C17H21N3O2/c18-10-16(17(22)20-8-2-1-3-9-20)12-19-11-14-4-6-15(13-21)7-5-14/h4-7,12,19,21H,1-3,8-9,11,13H2/b16-12-. The zero-order valence-corrected chi connectivity index (χ0v) is 12.6. The van der Waals surface area contributed by atoms with Crippen LogP contribution in [-0.2, 0) is 17.9 Å². The molecule has 1 aromatic rings. The number of nitrogens with zero attached hydrogens (tertiary/aromatic N) is 2. The Hall–Kier alpha value is -2.32. The van der Waals surface area contributed by atoms with Crippen molar-refractivity contribution in [2.75, 3.05) is 13.1 Å². The fourth-order valence-electron chi connectivity index (χ4n) is 2.44. The van der Waals surface area contributed by atoms with Gasteiger partial charge in [0.25, 0.3) is 5.91 Å². The molecule has 0 aliphatic carbocycles. The average molecular weight is 299 g/mol. The van der Waals surface area contributed by atoms with Gasteiger partial charge in [0.1, 0.15) is 11.6 Å². The van der Waals surface area contributed by atoms with Crippen molar-refractivity contribution in [3.8, 4) is 6.07 Å². The highest BCUT2D eigenvalue weighted by molar-refractivity contribution is 5.97. The van der Waals surface area contributed by atoms with Crippen LogP contribution in [0.2, 0.25) is 0 Å². The Morgan fingerprint density at radius 1 is 1.23 bits per heavy atom. The van der Waals surface area contributed by atoms with Crippen molar-refractivity contribution in [3.63, 3.8) is 0 Å². The first-order valence-electron chi connectivity index (χ1n) is 7.56. The molecule has 5 heteroatoms. The molecular formula is C17H21N3O2. The van der Waals surface area contributed by atoms with E-state index >= 15 is 0 Å². The number of benzene rings is 1. The first-order chi connectivity index (χ1) is 10.7. The van der Waals surface area contributed by atoms with E-state index < -0.39 is 0 Å². The minimum Gasteiger partial charge on any atom is -0.392 e. The van der Waals surface area contributed by atoms with E-state index in [1.54, 1.807) is 4.90 Å². The molecule has 0 atom stereocenters. The molecule has 5 nitrogen and oxygen atoms in total. The van der Waals surface area contributed by atoms with Gasteiger partial charge in [0.15, 0.2) is 0 Å². The van der Waals surface area contributed by atoms with E-state index in [1.807, 2.05) is 30.3 Å². The van der Waals surface area contributed by atoms with Crippen molar-refractivity contribution < 1.29 is 9.90 Å². The number of hydrogen-bond donors (Lipinski definition) is 2. The molecule has 0 spiro atoms. The number of aliphatic hydroxyl groups excluding tert-OH is 1. The summed E-state index contributed by atoms with van der Waals surface area (Å²) in [5, 5.41) is 21.2. The smallest absolute Gasteiger partial charge is 0.265 e. The number of carbonyl (C=O) groups excluding carboxylic acids is 1. The van der Waals surface area contributed by atoms with E-state index in [9.17, 15) is 4.79 Å². The predicted octanol–water partition coefficient (Wildman–Crippen LogP) is 1.69. The maximum Gasteiger partial charge on any atom is 0.265 e. The number of hydrogen-bond acceptors (Lipinski definition) is 4. The van der Waals surface area contributed by atoms with Crippen LogP contribution in [0.25, 0.3) is 0 Å². The number of nitrogens with one attached hydrogen (secondary N) is 1. The van der Waals surface area contributed by atoms with E-state index in [0.717, 1.165) is 43.5 Å². The summed E-state index contributed by atoms with van der Waals surface area (Å²) in [6.07, 6.45) is 4.67. The number of carbonyl (C=O) groups is 1. The number of piperidine rings is 1. The number of aliphatic hydroxyl groups is 1. The Morgan fingerprint density at radius 3 is 2.45 bits per heavy atom. The summed E-state index contributed by atoms with van der Waals surface area (Å²) >= 11 is 0. The van der Waals surface area contributed by atoms with E-state index in [4.69, 9.17) is 10.4 Å². The molecule has 1 heterocycles.